The molecule has 2 fully saturated rings. The molecule has 1 aromatic rings. The quantitative estimate of drug-likeness (QED) is 0.114. The number of thioether (sulfide) groups is 1. The van der Waals surface area contributed by atoms with Crippen molar-refractivity contribution < 1.29 is 59.8 Å². The van der Waals surface area contributed by atoms with Crippen molar-refractivity contribution in [3.05, 3.63) is 22.3 Å². The van der Waals surface area contributed by atoms with Crippen LogP contribution in [0.3, 0.4) is 0 Å². The molecule has 4 rings (SSSR count). The number of β-lactam (4-membered cyclic amide) rings is 1. The van der Waals surface area contributed by atoms with Crippen molar-refractivity contribution in [2.24, 2.45) is 5.16 Å². The number of hydrogen-bond acceptors (Lipinski definition) is 9. The van der Waals surface area contributed by atoms with Gasteiger partial charge in [0.2, 0.25) is 0 Å². The zero-order valence-corrected chi connectivity index (χ0v) is 23.6. The molecule has 3 aliphatic rings. The maximum absolute atomic E-state index is 12.9. The number of carboxylic acid groups (broad SMARTS) is 1. The first-order valence-corrected chi connectivity index (χ1v) is 12.0. The average Bonchev–Trinajstić information content (AvgIpc) is 3.37. The molecule has 34 heavy (non-hydrogen) atoms. The summed E-state index contributed by atoms with van der Waals surface area (Å²) >= 11 is 2.61. The van der Waals surface area contributed by atoms with Crippen LogP contribution in [-0.4, -0.2) is 93.9 Å². The number of oxime groups is 1. The molecule has 1 aromatic heterocycles. The summed E-state index contributed by atoms with van der Waals surface area (Å²) < 4.78 is 0.785. The van der Waals surface area contributed by atoms with Crippen molar-refractivity contribution in [2.75, 3.05) is 45.3 Å². The van der Waals surface area contributed by atoms with Crippen LogP contribution in [0.4, 0.5) is 5.13 Å². The molecule has 4 N–H and O–H groups in total. The summed E-state index contributed by atoms with van der Waals surface area (Å²) in [4.78, 5) is 47.9. The van der Waals surface area contributed by atoms with Crippen LogP contribution in [-0.2, 0) is 19.2 Å². The number of nitrogens with zero attached hydrogens (tertiary/aromatic N) is 4. The molecule has 2 atom stereocenters. The number of aromatic nitrogens is 1. The minimum Gasteiger partial charge on any atom is -1.00 e. The largest absolute Gasteiger partial charge is 1.00 e. The van der Waals surface area contributed by atoms with Crippen molar-refractivity contribution >= 4 is 64.1 Å². The molecule has 182 valence electrons. The Bertz CT molecular complexity index is 1040. The van der Waals surface area contributed by atoms with Gasteiger partial charge in [0.05, 0.1) is 20.1 Å². The maximum Gasteiger partial charge on any atom is 1.00 e. The predicted octanol–water partition coefficient (Wildman–Crippen LogP) is -2.41. The molecule has 0 aliphatic carbocycles. The van der Waals surface area contributed by atoms with Gasteiger partial charge in [-0.25, -0.2) is 9.78 Å². The Labute approximate surface area is 234 Å². The van der Waals surface area contributed by atoms with Crippen LogP contribution in [0, 0.1) is 0 Å². The van der Waals surface area contributed by atoms with Gasteiger partial charge in [-0.2, -0.15) is 0 Å². The van der Waals surface area contributed by atoms with E-state index in [-0.39, 0.29) is 65.6 Å². The summed E-state index contributed by atoms with van der Waals surface area (Å²) in [6, 6.07) is -0.863. The number of anilines is 1. The van der Waals surface area contributed by atoms with Gasteiger partial charge in [0, 0.05) is 29.5 Å². The third-order valence-electron chi connectivity index (χ3n) is 5.92. The van der Waals surface area contributed by atoms with Gasteiger partial charge < -0.3 is 26.9 Å². The van der Waals surface area contributed by atoms with E-state index in [0.29, 0.717) is 12.3 Å². The third kappa shape index (κ3) is 5.55. The Kier molecular flexibility index (Phi) is 9.85. The molecule has 4 heterocycles. The second-order valence-electron chi connectivity index (χ2n) is 8.24. The topological polar surface area (TPSA) is 147 Å². The van der Waals surface area contributed by atoms with Crippen LogP contribution in [0.1, 0.15) is 20.0 Å². The van der Waals surface area contributed by atoms with E-state index in [4.69, 9.17) is 10.6 Å². The van der Waals surface area contributed by atoms with E-state index in [1.807, 2.05) is 0 Å². The molecular formula is C19H27ClN6NaO5S2+. The van der Waals surface area contributed by atoms with Gasteiger partial charge in [0.25, 0.3) is 11.8 Å². The van der Waals surface area contributed by atoms with Crippen LogP contribution in [0.25, 0.3) is 0 Å². The summed E-state index contributed by atoms with van der Waals surface area (Å²) in [7, 11) is 3.42. The smallest absolute Gasteiger partial charge is 1.00 e. The number of nitrogens with one attached hydrogen (secondary N) is 1. The molecule has 2 amide bonds. The molecule has 0 unspecified atom stereocenters. The summed E-state index contributed by atoms with van der Waals surface area (Å²) in [6.45, 7) is 2.61. The Balaban J connectivity index is 0.00000204. The first-order valence-electron chi connectivity index (χ1n) is 10.1. The first-order chi connectivity index (χ1) is 15.2. The van der Waals surface area contributed by atoms with Crippen LogP contribution in [0.2, 0.25) is 0 Å². The van der Waals surface area contributed by atoms with Crippen LogP contribution >= 0.6 is 35.5 Å². The Morgan fingerprint density at radius 1 is 1.44 bits per heavy atom. The van der Waals surface area contributed by atoms with Crippen LogP contribution in [0.15, 0.2) is 21.8 Å². The second-order valence-corrected chi connectivity index (χ2v) is 10.2. The van der Waals surface area contributed by atoms with E-state index in [0.717, 1.165) is 47.3 Å². The normalized spacial score (nSPS) is 23.3. The number of nitrogens with two attached hydrogens (primary N) is 1. The predicted molar refractivity (Wildman–Crippen MR) is 128 cm³/mol. The van der Waals surface area contributed by atoms with Gasteiger partial charge in [0.1, 0.15) is 36.5 Å². The van der Waals surface area contributed by atoms with Gasteiger partial charge >= 0.3 is 35.5 Å². The monoisotopic (exact) mass is 541 g/mol. The van der Waals surface area contributed by atoms with Crippen molar-refractivity contribution in [3.8, 4) is 0 Å². The number of fused-ring (bicyclic) bond motifs is 1. The van der Waals surface area contributed by atoms with E-state index in [9.17, 15) is 19.5 Å². The van der Waals surface area contributed by atoms with E-state index in [2.05, 4.69) is 22.5 Å². The van der Waals surface area contributed by atoms with Crippen LogP contribution in [0.5, 0.6) is 0 Å². The van der Waals surface area contributed by atoms with Gasteiger partial charge in [-0.3, -0.25) is 14.5 Å². The van der Waals surface area contributed by atoms with E-state index < -0.39 is 29.2 Å². The Morgan fingerprint density at radius 3 is 2.68 bits per heavy atom. The number of carbonyl (C=O) groups is 3. The zero-order valence-electron chi connectivity index (χ0n) is 20.1. The van der Waals surface area contributed by atoms with E-state index in [1.54, 1.807) is 5.38 Å². The molecule has 0 radical (unpaired) electrons. The summed E-state index contributed by atoms with van der Waals surface area (Å²) in [6.07, 6.45) is 2.24. The third-order valence-corrected chi connectivity index (χ3v) is 7.93. The van der Waals surface area contributed by atoms with Crippen molar-refractivity contribution in [1.82, 2.24) is 15.2 Å². The van der Waals surface area contributed by atoms with Gasteiger partial charge in [-0.05, 0) is 0 Å². The standard InChI is InChI=1S/C19H24N6O5S2.ClH.Na.H/c1-25(5-3-4-6-25)7-10-8-31-17-13(16(27)24(17)14(10)18(28)29)22-15(26)12(23-30-2)11-9-32-19(20)21-11;;;/h9,13,17H,3-8H2,1-2H3,(H3-,20,21,22,26,28,29);1H;;/q;;+1;-1/p+1/b23-12+;;;/t13-,17-;;;/m1.../s1. The summed E-state index contributed by atoms with van der Waals surface area (Å²) in [5, 5.41) is 17.6. The zero-order chi connectivity index (χ0) is 23.0. The molecule has 11 nitrogen and oxygen atoms in total. The molecule has 3 aliphatic heterocycles. The number of thiazole rings is 1. The number of likely N-dealkylation sites (tertiary alicyclic amines) is 1. The number of likely N-dealkylation sites (N-methyl/N-ethyl adjacent to an activating group) is 1. The molecular weight excluding hydrogens is 515 g/mol. The number of amides is 2. The first kappa shape index (κ1) is 28.9. The van der Waals surface area contributed by atoms with E-state index >= 15 is 0 Å². The number of nitrogen functional groups attached to an aromatic ring is 1. The molecule has 15 heteroatoms. The van der Waals surface area contributed by atoms with Crippen molar-refractivity contribution in [3.63, 3.8) is 0 Å². The number of carboxylic acids is 1. The van der Waals surface area contributed by atoms with Crippen molar-refractivity contribution in [2.45, 2.75) is 24.3 Å². The number of quaternary nitrogens is 1. The van der Waals surface area contributed by atoms with Crippen molar-refractivity contribution in [1.29, 1.82) is 0 Å². The number of carbonyl (C=O) groups excluding carboxylic acids is 2. The number of halogens is 1. The fraction of sp³-hybridized carbons (Fsp3) is 0.526. The summed E-state index contributed by atoms with van der Waals surface area (Å²) in [5.74, 6) is -1.71. The molecule has 0 aromatic carbocycles. The number of aliphatic carboxylic acids is 1. The van der Waals surface area contributed by atoms with E-state index in [1.165, 1.54) is 23.8 Å². The molecule has 0 saturated carbocycles. The minimum atomic E-state index is -1.12. The number of hydrogen-bond donors (Lipinski definition) is 3. The van der Waals surface area contributed by atoms with Gasteiger partial charge in [-0.15, -0.1) is 35.5 Å². The molecule has 0 bridgehead atoms. The second kappa shape index (κ2) is 11.6. The minimum absolute atomic E-state index is 0. The number of rotatable bonds is 7. The average molecular weight is 542 g/mol. The SMILES string of the molecule is CO/N=C(/C(=O)N[C@@H]1C(=O)N2C(C(=O)O)=C(C[N+]3(C)CCCC3)CS[C@H]12)c1csc(N)n1.Cl.[H-].[Na+]. The molecule has 2 saturated heterocycles. The fourth-order valence-electron chi connectivity index (χ4n) is 4.42. The molecule has 0 spiro atoms. The maximum atomic E-state index is 12.9. The fourth-order valence-corrected chi connectivity index (χ4v) is 6.31. The Hall–Kier alpha value is -1.35. The van der Waals surface area contributed by atoms with Gasteiger partial charge in [0.15, 0.2) is 10.8 Å². The van der Waals surface area contributed by atoms with Gasteiger partial charge in [-0.1, -0.05) is 5.16 Å². The van der Waals surface area contributed by atoms with Crippen LogP contribution < -0.4 is 40.6 Å². The summed E-state index contributed by atoms with van der Waals surface area (Å²) in [5.41, 5.74) is 6.59. The Morgan fingerprint density at radius 2 is 2.12 bits per heavy atom.